The molecular weight excluding hydrogens is 393 g/mol. The molecule has 2 aromatic rings. The lowest BCUT2D eigenvalue weighted by molar-refractivity contribution is -0.135. The Morgan fingerprint density at radius 3 is 2.73 bits per heavy atom. The summed E-state index contributed by atoms with van der Waals surface area (Å²) in [6, 6.07) is 8.31. The van der Waals surface area contributed by atoms with Crippen LogP contribution < -0.4 is 5.32 Å². The third-order valence-electron chi connectivity index (χ3n) is 4.91. The highest BCUT2D eigenvalue weighted by molar-refractivity contribution is 7.18. The van der Waals surface area contributed by atoms with E-state index in [-0.39, 0.29) is 36.8 Å². The second kappa shape index (κ2) is 9.85. The van der Waals surface area contributed by atoms with E-state index in [0.717, 1.165) is 44.5 Å². The standard InChI is InChI=1S/C18H23N3O2S.2ClH/c22-17(11-14-12-19-7-10-23-14)21-8-5-13(6-9-21)18-20-15-3-1-2-4-16(15)24-18;;/h1-4,13-14,19H,5-12H2;2*1H. The monoisotopic (exact) mass is 417 g/mol. The van der Waals surface area contributed by atoms with Gasteiger partial charge < -0.3 is 15.0 Å². The van der Waals surface area contributed by atoms with Gasteiger partial charge in [0.25, 0.3) is 0 Å². The molecule has 0 aliphatic carbocycles. The number of piperidine rings is 1. The van der Waals surface area contributed by atoms with Crippen molar-refractivity contribution in [2.24, 2.45) is 0 Å². The van der Waals surface area contributed by atoms with Gasteiger partial charge in [0.15, 0.2) is 0 Å². The minimum Gasteiger partial charge on any atom is -0.375 e. The molecule has 2 saturated heterocycles. The van der Waals surface area contributed by atoms with Crippen molar-refractivity contribution < 1.29 is 9.53 Å². The number of thiazole rings is 1. The fourth-order valence-electron chi connectivity index (χ4n) is 3.52. The van der Waals surface area contributed by atoms with E-state index in [1.807, 2.05) is 11.0 Å². The fraction of sp³-hybridized carbons (Fsp3) is 0.556. The Labute approximate surface area is 170 Å². The van der Waals surface area contributed by atoms with E-state index >= 15 is 0 Å². The molecule has 1 atom stereocenters. The van der Waals surface area contributed by atoms with Crippen molar-refractivity contribution >= 4 is 52.3 Å². The van der Waals surface area contributed by atoms with Crippen LogP contribution in [0.25, 0.3) is 10.2 Å². The quantitative estimate of drug-likeness (QED) is 0.832. The number of hydrogen-bond acceptors (Lipinski definition) is 5. The maximum absolute atomic E-state index is 12.5. The fourth-order valence-corrected chi connectivity index (χ4v) is 4.65. The van der Waals surface area contributed by atoms with Crippen molar-refractivity contribution in [3.8, 4) is 0 Å². The highest BCUT2D eigenvalue weighted by atomic mass is 35.5. The van der Waals surface area contributed by atoms with Crippen molar-refractivity contribution in [3.05, 3.63) is 29.3 Å². The molecule has 26 heavy (non-hydrogen) atoms. The molecule has 1 unspecified atom stereocenters. The molecule has 2 fully saturated rings. The number of halogens is 2. The van der Waals surface area contributed by atoms with E-state index < -0.39 is 0 Å². The zero-order valence-corrected chi connectivity index (χ0v) is 17.0. The summed E-state index contributed by atoms with van der Waals surface area (Å²) in [6.07, 6.45) is 2.55. The van der Waals surface area contributed by atoms with Gasteiger partial charge in [0.2, 0.25) is 5.91 Å². The molecule has 4 rings (SSSR count). The van der Waals surface area contributed by atoms with Crippen LogP contribution in [-0.2, 0) is 9.53 Å². The Kier molecular flexibility index (Phi) is 8.10. The minimum absolute atomic E-state index is 0. The van der Waals surface area contributed by atoms with Crippen molar-refractivity contribution in [3.63, 3.8) is 0 Å². The summed E-state index contributed by atoms with van der Waals surface area (Å²) in [5.41, 5.74) is 1.10. The number of para-hydroxylation sites is 1. The van der Waals surface area contributed by atoms with Gasteiger partial charge in [0.1, 0.15) is 0 Å². The highest BCUT2D eigenvalue weighted by Gasteiger charge is 2.27. The lowest BCUT2D eigenvalue weighted by atomic mass is 9.97. The number of morpholine rings is 1. The van der Waals surface area contributed by atoms with Crippen molar-refractivity contribution in [1.29, 1.82) is 0 Å². The van der Waals surface area contributed by atoms with E-state index in [1.165, 1.54) is 9.71 Å². The summed E-state index contributed by atoms with van der Waals surface area (Å²) in [7, 11) is 0. The largest absolute Gasteiger partial charge is 0.375 e. The molecule has 1 amide bonds. The first-order valence-electron chi connectivity index (χ1n) is 8.75. The first-order chi connectivity index (χ1) is 11.8. The van der Waals surface area contributed by atoms with Gasteiger partial charge in [0.05, 0.1) is 34.4 Å². The number of fused-ring (bicyclic) bond motifs is 1. The predicted octanol–water partition coefficient (Wildman–Crippen LogP) is 3.22. The topological polar surface area (TPSA) is 54.5 Å². The molecule has 0 radical (unpaired) electrons. The second-order valence-electron chi connectivity index (χ2n) is 6.58. The van der Waals surface area contributed by atoms with Gasteiger partial charge >= 0.3 is 0 Å². The number of likely N-dealkylation sites (tertiary alicyclic amines) is 1. The van der Waals surface area contributed by atoms with Gasteiger partial charge in [-0.15, -0.1) is 36.2 Å². The molecule has 0 bridgehead atoms. The number of hydrogen-bond donors (Lipinski definition) is 1. The number of carbonyl (C=O) groups is 1. The zero-order chi connectivity index (χ0) is 16.4. The van der Waals surface area contributed by atoms with Crippen LogP contribution in [0.15, 0.2) is 24.3 Å². The number of rotatable bonds is 3. The van der Waals surface area contributed by atoms with Crippen molar-refractivity contribution in [2.45, 2.75) is 31.3 Å². The number of ether oxygens (including phenoxy) is 1. The Balaban J connectivity index is 0.00000121. The molecule has 8 heteroatoms. The first kappa shape index (κ1) is 21.4. The zero-order valence-electron chi connectivity index (χ0n) is 14.6. The summed E-state index contributed by atoms with van der Waals surface area (Å²) in [6.45, 7) is 4.04. The van der Waals surface area contributed by atoms with Gasteiger partial charge in [-0.2, -0.15) is 0 Å². The number of nitrogens with one attached hydrogen (secondary N) is 1. The average Bonchev–Trinajstić information content (AvgIpc) is 3.07. The molecule has 2 aliphatic rings. The van der Waals surface area contributed by atoms with Gasteiger partial charge in [-0.25, -0.2) is 4.98 Å². The van der Waals surface area contributed by atoms with E-state index in [9.17, 15) is 4.79 Å². The summed E-state index contributed by atoms with van der Waals surface area (Å²) in [4.78, 5) is 19.2. The molecular formula is C18H25Cl2N3O2S. The van der Waals surface area contributed by atoms with Gasteiger partial charge in [-0.3, -0.25) is 4.79 Å². The van der Waals surface area contributed by atoms with Crippen molar-refractivity contribution in [1.82, 2.24) is 15.2 Å². The smallest absolute Gasteiger partial charge is 0.225 e. The average molecular weight is 418 g/mol. The molecule has 0 saturated carbocycles. The number of nitrogens with zero attached hydrogens (tertiary/aromatic N) is 2. The Hall–Kier alpha value is -0.920. The van der Waals surface area contributed by atoms with Crippen LogP contribution in [0.1, 0.15) is 30.2 Å². The molecule has 2 aliphatic heterocycles. The molecule has 0 spiro atoms. The molecule has 5 nitrogen and oxygen atoms in total. The first-order valence-corrected chi connectivity index (χ1v) is 9.57. The summed E-state index contributed by atoms with van der Waals surface area (Å²) in [5.74, 6) is 0.713. The predicted molar refractivity (Wildman–Crippen MR) is 110 cm³/mol. The lowest BCUT2D eigenvalue weighted by Gasteiger charge is -2.32. The number of aromatic nitrogens is 1. The van der Waals surface area contributed by atoms with Crippen molar-refractivity contribution in [2.75, 3.05) is 32.8 Å². The minimum atomic E-state index is 0. The van der Waals surface area contributed by atoms with E-state index in [1.54, 1.807) is 11.3 Å². The van der Waals surface area contributed by atoms with Crippen LogP contribution in [0.3, 0.4) is 0 Å². The van der Waals surface area contributed by atoms with Crippen LogP contribution in [-0.4, -0.2) is 54.7 Å². The van der Waals surface area contributed by atoms with Crippen LogP contribution in [0.5, 0.6) is 0 Å². The molecule has 1 aromatic heterocycles. The lowest BCUT2D eigenvalue weighted by Crippen LogP contribution is -2.44. The maximum atomic E-state index is 12.5. The normalized spacial score (nSPS) is 21.1. The van der Waals surface area contributed by atoms with Gasteiger partial charge in [-0.1, -0.05) is 12.1 Å². The van der Waals surface area contributed by atoms with E-state index in [4.69, 9.17) is 9.72 Å². The van der Waals surface area contributed by atoms with Gasteiger partial charge in [-0.05, 0) is 25.0 Å². The Morgan fingerprint density at radius 1 is 1.27 bits per heavy atom. The number of benzene rings is 1. The third-order valence-corrected chi connectivity index (χ3v) is 6.11. The third kappa shape index (κ3) is 4.87. The number of carbonyl (C=O) groups excluding carboxylic acids is 1. The van der Waals surface area contributed by atoms with Crippen LogP contribution in [0, 0.1) is 0 Å². The van der Waals surface area contributed by atoms with E-state index in [0.29, 0.717) is 18.9 Å². The molecule has 144 valence electrons. The highest BCUT2D eigenvalue weighted by Crippen LogP contribution is 2.33. The van der Waals surface area contributed by atoms with Crippen LogP contribution >= 0.6 is 36.2 Å². The second-order valence-corrected chi connectivity index (χ2v) is 7.64. The summed E-state index contributed by atoms with van der Waals surface area (Å²) < 4.78 is 6.90. The molecule has 1 aromatic carbocycles. The Bertz CT molecular complexity index is 680. The summed E-state index contributed by atoms with van der Waals surface area (Å²) in [5, 5.41) is 4.51. The van der Waals surface area contributed by atoms with Crippen LogP contribution in [0.2, 0.25) is 0 Å². The van der Waals surface area contributed by atoms with E-state index in [2.05, 4.69) is 23.5 Å². The summed E-state index contributed by atoms with van der Waals surface area (Å²) >= 11 is 1.80. The molecule has 3 heterocycles. The van der Waals surface area contributed by atoms with Crippen LogP contribution in [0.4, 0.5) is 0 Å². The Morgan fingerprint density at radius 2 is 2.04 bits per heavy atom. The SMILES string of the molecule is Cl.Cl.O=C(CC1CNCCO1)N1CCC(c2nc3ccccc3s2)CC1. The number of amides is 1. The maximum Gasteiger partial charge on any atom is 0.225 e. The molecule has 1 N–H and O–H groups in total. The van der Waals surface area contributed by atoms with Gasteiger partial charge in [0, 0.05) is 32.1 Å².